The minimum absolute atomic E-state index is 0.165. The molecular weight excluding hydrogens is 540 g/mol. The number of nitrogens with one attached hydrogen (secondary N) is 3. The molecule has 0 saturated carbocycles. The zero-order valence-electron chi connectivity index (χ0n) is 21.5. The van der Waals surface area contributed by atoms with Crippen molar-refractivity contribution in [3.8, 4) is 16.9 Å². The fourth-order valence-electron chi connectivity index (χ4n) is 3.93. The van der Waals surface area contributed by atoms with Gasteiger partial charge < -0.3 is 10.6 Å². The van der Waals surface area contributed by atoms with Gasteiger partial charge in [0.05, 0.1) is 23.2 Å². The molecule has 202 valence electrons. The normalized spacial score (nSPS) is 10.8. The Morgan fingerprint density at radius 3 is 2.15 bits per heavy atom. The minimum atomic E-state index is -1.01. The molecular formula is C31H23ClN6O3. The van der Waals surface area contributed by atoms with Crippen LogP contribution in [0.4, 0.5) is 11.4 Å². The van der Waals surface area contributed by atoms with E-state index < -0.39 is 17.7 Å². The Morgan fingerprint density at radius 2 is 1.41 bits per heavy atom. The summed E-state index contributed by atoms with van der Waals surface area (Å²) in [6.07, 6.45) is 3.20. The molecule has 0 spiro atoms. The second kappa shape index (κ2) is 12.5. The number of benzene rings is 4. The largest absolute Gasteiger partial charge is 0.329 e. The Labute approximate surface area is 240 Å². The van der Waals surface area contributed by atoms with Crippen LogP contribution in [-0.2, 0) is 9.59 Å². The first-order valence-electron chi connectivity index (χ1n) is 12.5. The molecule has 1 heterocycles. The van der Waals surface area contributed by atoms with Crippen LogP contribution < -0.4 is 16.1 Å². The number of carbonyl (C=O) groups excluding carboxylic acids is 3. The summed E-state index contributed by atoms with van der Waals surface area (Å²) in [5.41, 5.74) is 6.10. The molecule has 4 aromatic carbocycles. The summed E-state index contributed by atoms with van der Waals surface area (Å²) in [4.78, 5) is 38.0. The molecule has 0 aliphatic rings. The average Bonchev–Trinajstić information content (AvgIpc) is 3.43. The van der Waals surface area contributed by atoms with Gasteiger partial charge in [-0.05, 0) is 48.5 Å². The van der Waals surface area contributed by atoms with Crippen LogP contribution in [0.3, 0.4) is 0 Å². The van der Waals surface area contributed by atoms with Crippen LogP contribution in [0.5, 0.6) is 0 Å². The standard InChI is InChI=1S/C31H23ClN6O3/c32-23-15-17-24(18-16-23)34-29(39)26-13-7-8-14-27(26)35-30(40)31(41)36-33-19-22-20-38(25-11-5-2-6-12-25)37-28(22)21-9-3-1-4-10-21/h1-20H,(H,34,39)(H,35,40)(H,36,41)/b33-19+. The van der Waals surface area contributed by atoms with E-state index in [0.717, 1.165) is 11.3 Å². The average molecular weight is 563 g/mol. The lowest BCUT2D eigenvalue weighted by molar-refractivity contribution is -0.136. The highest BCUT2D eigenvalue weighted by Gasteiger charge is 2.18. The van der Waals surface area contributed by atoms with E-state index in [4.69, 9.17) is 11.6 Å². The zero-order valence-corrected chi connectivity index (χ0v) is 22.2. The second-order valence-corrected chi connectivity index (χ2v) is 9.18. The van der Waals surface area contributed by atoms with Crippen molar-refractivity contribution in [1.29, 1.82) is 0 Å². The Bertz CT molecular complexity index is 1720. The fourth-order valence-corrected chi connectivity index (χ4v) is 4.05. The lowest BCUT2D eigenvalue weighted by atomic mass is 10.1. The minimum Gasteiger partial charge on any atom is -0.322 e. The second-order valence-electron chi connectivity index (χ2n) is 8.74. The summed E-state index contributed by atoms with van der Waals surface area (Å²) >= 11 is 5.90. The van der Waals surface area contributed by atoms with E-state index in [1.807, 2.05) is 60.7 Å². The van der Waals surface area contributed by atoms with Gasteiger partial charge in [0.15, 0.2) is 0 Å². The fraction of sp³-hybridized carbons (Fsp3) is 0. The molecule has 9 nitrogen and oxygen atoms in total. The number of carbonyl (C=O) groups is 3. The quantitative estimate of drug-likeness (QED) is 0.137. The molecule has 1 aromatic heterocycles. The zero-order chi connectivity index (χ0) is 28.6. The van der Waals surface area contributed by atoms with Crippen LogP contribution in [0.25, 0.3) is 16.9 Å². The van der Waals surface area contributed by atoms with Gasteiger partial charge in [-0.1, -0.05) is 72.3 Å². The van der Waals surface area contributed by atoms with Crippen molar-refractivity contribution >= 4 is 46.9 Å². The highest BCUT2D eigenvalue weighted by molar-refractivity contribution is 6.40. The van der Waals surface area contributed by atoms with Gasteiger partial charge >= 0.3 is 11.8 Å². The SMILES string of the molecule is O=C(N/N=C/c1cn(-c2ccccc2)nc1-c1ccccc1)C(=O)Nc1ccccc1C(=O)Nc1ccc(Cl)cc1. The summed E-state index contributed by atoms with van der Waals surface area (Å²) in [6.45, 7) is 0. The molecule has 5 aromatic rings. The highest BCUT2D eigenvalue weighted by atomic mass is 35.5. The number of halogens is 1. The molecule has 41 heavy (non-hydrogen) atoms. The van der Waals surface area contributed by atoms with E-state index in [1.54, 1.807) is 47.3 Å². The number of aromatic nitrogens is 2. The van der Waals surface area contributed by atoms with Gasteiger partial charge in [0, 0.05) is 28.0 Å². The Hall–Kier alpha value is -5.54. The van der Waals surface area contributed by atoms with E-state index in [2.05, 4.69) is 26.3 Å². The van der Waals surface area contributed by atoms with Crippen molar-refractivity contribution in [2.45, 2.75) is 0 Å². The molecule has 0 aliphatic heterocycles. The number of para-hydroxylation sites is 2. The highest BCUT2D eigenvalue weighted by Crippen LogP contribution is 2.23. The third kappa shape index (κ3) is 6.73. The van der Waals surface area contributed by atoms with Gasteiger partial charge in [-0.25, -0.2) is 10.1 Å². The number of anilines is 2. The number of hydrogen-bond acceptors (Lipinski definition) is 5. The molecule has 0 unspecified atom stereocenters. The summed E-state index contributed by atoms with van der Waals surface area (Å²) < 4.78 is 1.71. The molecule has 0 radical (unpaired) electrons. The molecule has 5 rings (SSSR count). The van der Waals surface area contributed by atoms with Crippen LogP contribution in [-0.4, -0.2) is 33.7 Å². The van der Waals surface area contributed by atoms with Crippen LogP contribution in [0, 0.1) is 0 Å². The first-order valence-corrected chi connectivity index (χ1v) is 12.9. The van der Waals surface area contributed by atoms with Crippen molar-refractivity contribution in [3.63, 3.8) is 0 Å². The van der Waals surface area contributed by atoms with Crippen molar-refractivity contribution in [2.24, 2.45) is 5.10 Å². The molecule has 10 heteroatoms. The van der Waals surface area contributed by atoms with Crippen LogP contribution in [0.1, 0.15) is 15.9 Å². The molecule has 0 bridgehead atoms. The number of nitrogens with zero attached hydrogens (tertiary/aromatic N) is 3. The summed E-state index contributed by atoms with van der Waals surface area (Å²) in [5, 5.41) is 14.4. The Kier molecular flexibility index (Phi) is 8.27. The number of rotatable bonds is 7. The number of hydrazone groups is 1. The lowest BCUT2D eigenvalue weighted by Gasteiger charge is -2.11. The predicted molar refractivity (Wildman–Crippen MR) is 159 cm³/mol. The number of amides is 3. The van der Waals surface area contributed by atoms with Gasteiger partial charge in [-0.15, -0.1) is 0 Å². The first-order chi connectivity index (χ1) is 20.0. The molecule has 0 atom stereocenters. The third-order valence-electron chi connectivity index (χ3n) is 5.91. The molecule has 0 saturated heterocycles. The van der Waals surface area contributed by atoms with E-state index in [0.29, 0.717) is 22.0 Å². The summed E-state index contributed by atoms with van der Waals surface area (Å²) in [5.74, 6) is -2.46. The maximum absolute atomic E-state index is 12.8. The van der Waals surface area contributed by atoms with Gasteiger partial charge in [0.25, 0.3) is 5.91 Å². The van der Waals surface area contributed by atoms with E-state index >= 15 is 0 Å². The topological polar surface area (TPSA) is 117 Å². The van der Waals surface area contributed by atoms with Crippen LogP contribution >= 0.6 is 11.6 Å². The smallest absolute Gasteiger partial charge is 0.322 e. The van der Waals surface area contributed by atoms with E-state index in [1.165, 1.54) is 18.3 Å². The molecule has 0 aliphatic carbocycles. The van der Waals surface area contributed by atoms with Crippen molar-refractivity contribution < 1.29 is 14.4 Å². The van der Waals surface area contributed by atoms with E-state index in [-0.39, 0.29) is 11.3 Å². The molecule has 0 fully saturated rings. The predicted octanol–water partition coefficient (Wildman–Crippen LogP) is 5.53. The third-order valence-corrected chi connectivity index (χ3v) is 6.16. The van der Waals surface area contributed by atoms with E-state index in [9.17, 15) is 14.4 Å². The van der Waals surface area contributed by atoms with Crippen molar-refractivity contribution in [3.05, 3.63) is 132 Å². The van der Waals surface area contributed by atoms with Gasteiger partial charge in [-0.2, -0.15) is 10.2 Å². The first kappa shape index (κ1) is 27.0. The monoisotopic (exact) mass is 562 g/mol. The maximum atomic E-state index is 12.8. The Morgan fingerprint density at radius 1 is 0.756 bits per heavy atom. The van der Waals surface area contributed by atoms with Gasteiger partial charge in [-0.3, -0.25) is 14.4 Å². The molecule has 3 amide bonds. The van der Waals surface area contributed by atoms with Crippen molar-refractivity contribution in [1.82, 2.24) is 15.2 Å². The lowest BCUT2D eigenvalue weighted by Crippen LogP contribution is -2.33. The van der Waals surface area contributed by atoms with Crippen LogP contribution in [0.15, 0.2) is 120 Å². The maximum Gasteiger partial charge on any atom is 0.329 e. The van der Waals surface area contributed by atoms with Crippen LogP contribution in [0.2, 0.25) is 5.02 Å². The number of hydrogen-bond donors (Lipinski definition) is 3. The van der Waals surface area contributed by atoms with Gasteiger partial charge in [0.1, 0.15) is 5.69 Å². The Balaban J connectivity index is 1.28. The summed E-state index contributed by atoms with van der Waals surface area (Å²) in [7, 11) is 0. The van der Waals surface area contributed by atoms with Gasteiger partial charge in [0.2, 0.25) is 0 Å². The molecule has 3 N–H and O–H groups in total. The summed E-state index contributed by atoms with van der Waals surface area (Å²) in [6, 6.07) is 32.1. The van der Waals surface area contributed by atoms with Crippen molar-refractivity contribution in [2.75, 3.05) is 10.6 Å².